The Kier molecular flexibility index (Phi) is 3.46. The van der Waals surface area contributed by atoms with Crippen molar-refractivity contribution in [2.75, 3.05) is 7.11 Å². The summed E-state index contributed by atoms with van der Waals surface area (Å²) >= 11 is 8.97. The first-order valence-electron chi connectivity index (χ1n) is 3.17. The number of hydrogen-bond acceptors (Lipinski definition) is 3. The second-order valence-electron chi connectivity index (χ2n) is 2.11. The predicted octanol–water partition coefficient (Wildman–Crippen LogP) is 2.13. The van der Waals surface area contributed by atoms with Gasteiger partial charge in [0.1, 0.15) is 5.69 Å². The highest BCUT2D eigenvalue weighted by Crippen LogP contribution is 2.23. The molecule has 3 nitrogen and oxygen atoms in total. The molecule has 5 heteroatoms. The number of hydrogen-bond donors (Lipinski definition) is 1. The minimum absolute atomic E-state index is 0.322. The predicted molar refractivity (Wildman–Crippen MR) is 48.9 cm³/mol. The quantitative estimate of drug-likeness (QED) is 0.820. The number of halogens is 2. The van der Waals surface area contributed by atoms with E-state index in [-0.39, 0.29) is 0 Å². The van der Waals surface area contributed by atoms with Crippen molar-refractivity contribution in [1.82, 2.24) is 4.98 Å². The fourth-order valence-corrected chi connectivity index (χ4v) is 1.44. The van der Waals surface area contributed by atoms with Gasteiger partial charge >= 0.3 is 0 Å². The van der Waals surface area contributed by atoms with Crippen molar-refractivity contribution < 1.29 is 9.84 Å². The van der Waals surface area contributed by atoms with Crippen LogP contribution in [0, 0.1) is 0 Å². The highest BCUT2D eigenvalue weighted by molar-refractivity contribution is 9.10. The maximum atomic E-state index is 9.22. The van der Waals surface area contributed by atoms with E-state index in [1.54, 1.807) is 12.3 Å². The summed E-state index contributed by atoms with van der Waals surface area (Å²) in [6.45, 7) is 0. The van der Waals surface area contributed by atoms with Crippen LogP contribution in [0.25, 0.3) is 0 Å². The Morgan fingerprint density at radius 2 is 2.42 bits per heavy atom. The average Bonchev–Trinajstić information content (AvgIpc) is 2.03. The molecule has 0 bridgehead atoms. The zero-order valence-electron chi connectivity index (χ0n) is 6.29. The van der Waals surface area contributed by atoms with Crippen LogP contribution in [0.15, 0.2) is 16.7 Å². The molecule has 1 N–H and O–H groups in total. The van der Waals surface area contributed by atoms with Crippen molar-refractivity contribution in [2.45, 2.75) is 6.29 Å². The summed E-state index contributed by atoms with van der Waals surface area (Å²) in [5.74, 6) is 0. The first-order chi connectivity index (χ1) is 5.65. The first-order valence-corrected chi connectivity index (χ1v) is 4.34. The van der Waals surface area contributed by atoms with Crippen LogP contribution in [0.1, 0.15) is 12.0 Å². The van der Waals surface area contributed by atoms with Crippen molar-refractivity contribution in [3.8, 4) is 0 Å². The Balaban J connectivity index is 3.01. The summed E-state index contributed by atoms with van der Waals surface area (Å²) in [7, 11) is 1.38. The first kappa shape index (κ1) is 9.92. The fraction of sp³-hybridized carbons (Fsp3) is 0.286. The van der Waals surface area contributed by atoms with Gasteiger partial charge in [-0.05, 0) is 22.0 Å². The molecule has 66 valence electrons. The molecule has 1 rings (SSSR count). The number of rotatable bonds is 2. The largest absolute Gasteiger partial charge is 0.363 e. The van der Waals surface area contributed by atoms with Gasteiger partial charge in [-0.15, -0.1) is 0 Å². The van der Waals surface area contributed by atoms with Crippen molar-refractivity contribution in [3.63, 3.8) is 0 Å². The van der Waals surface area contributed by atoms with Crippen LogP contribution >= 0.6 is 27.5 Å². The summed E-state index contributed by atoms with van der Waals surface area (Å²) in [5, 5.41) is 9.59. The highest BCUT2D eigenvalue weighted by Gasteiger charge is 2.11. The molecule has 0 aliphatic heterocycles. The van der Waals surface area contributed by atoms with Crippen molar-refractivity contribution in [2.24, 2.45) is 0 Å². The molecule has 0 saturated heterocycles. The van der Waals surface area contributed by atoms with Crippen molar-refractivity contribution >= 4 is 27.5 Å². The van der Waals surface area contributed by atoms with Gasteiger partial charge in [0.05, 0.1) is 5.02 Å². The van der Waals surface area contributed by atoms with E-state index in [1.165, 1.54) is 7.11 Å². The Morgan fingerprint density at radius 3 is 2.92 bits per heavy atom. The number of ether oxygens (including phenoxy) is 1. The lowest BCUT2D eigenvalue weighted by Crippen LogP contribution is -2.02. The highest BCUT2D eigenvalue weighted by atomic mass is 79.9. The van der Waals surface area contributed by atoms with E-state index in [2.05, 4.69) is 25.7 Å². The molecule has 1 atom stereocenters. The van der Waals surface area contributed by atoms with Crippen LogP contribution in [-0.4, -0.2) is 17.2 Å². The molecule has 0 radical (unpaired) electrons. The topological polar surface area (TPSA) is 42.4 Å². The van der Waals surface area contributed by atoms with Crippen LogP contribution in [0.3, 0.4) is 0 Å². The van der Waals surface area contributed by atoms with Crippen LogP contribution < -0.4 is 0 Å². The average molecular weight is 252 g/mol. The third kappa shape index (κ3) is 2.17. The molecule has 0 aliphatic rings. The van der Waals surface area contributed by atoms with E-state index in [9.17, 15) is 5.11 Å². The zero-order chi connectivity index (χ0) is 9.14. The fourth-order valence-electron chi connectivity index (χ4n) is 0.718. The van der Waals surface area contributed by atoms with Gasteiger partial charge in [0.2, 0.25) is 0 Å². The van der Waals surface area contributed by atoms with Gasteiger partial charge in [-0.25, -0.2) is 0 Å². The van der Waals surface area contributed by atoms with E-state index in [0.717, 1.165) is 4.47 Å². The number of aliphatic hydroxyl groups is 1. The molecule has 0 aromatic carbocycles. The van der Waals surface area contributed by atoms with Gasteiger partial charge in [0.25, 0.3) is 0 Å². The Morgan fingerprint density at radius 1 is 1.75 bits per heavy atom. The van der Waals surface area contributed by atoms with E-state index < -0.39 is 6.29 Å². The lowest BCUT2D eigenvalue weighted by molar-refractivity contribution is -0.0798. The summed E-state index contributed by atoms with van der Waals surface area (Å²) in [5.41, 5.74) is 0.322. The van der Waals surface area contributed by atoms with E-state index in [0.29, 0.717) is 10.7 Å². The monoisotopic (exact) mass is 251 g/mol. The van der Waals surface area contributed by atoms with Crippen LogP contribution in [0.2, 0.25) is 5.02 Å². The second-order valence-corrected chi connectivity index (χ2v) is 3.43. The summed E-state index contributed by atoms with van der Waals surface area (Å²) < 4.78 is 5.41. The van der Waals surface area contributed by atoms with Gasteiger partial charge in [0, 0.05) is 17.8 Å². The maximum Gasteiger partial charge on any atom is 0.199 e. The molecular formula is C7H7BrClNO2. The van der Waals surface area contributed by atoms with E-state index in [4.69, 9.17) is 11.6 Å². The van der Waals surface area contributed by atoms with Gasteiger partial charge in [0.15, 0.2) is 6.29 Å². The number of pyridine rings is 1. The molecule has 1 aromatic rings. The molecule has 12 heavy (non-hydrogen) atoms. The Labute approximate surface area is 83.5 Å². The lowest BCUT2D eigenvalue weighted by atomic mass is 10.3. The van der Waals surface area contributed by atoms with Gasteiger partial charge in [-0.3, -0.25) is 4.98 Å². The molecule has 0 spiro atoms. The molecule has 0 fully saturated rings. The van der Waals surface area contributed by atoms with Crippen molar-refractivity contribution in [1.29, 1.82) is 0 Å². The smallest absolute Gasteiger partial charge is 0.199 e. The van der Waals surface area contributed by atoms with Gasteiger partial charge in [-0.1, -0.05) is 11.6 Å². The third-order valence-electron chi connectivity index (χ3n) is 1.29. The summed E-state index contributed by atoms with van der Waals surface area (Å²) in [6.07, 6.45) is 0.481. The van der Waals surface area contributed by atoms with Crippen LogP contribution in [0.4, 0.5) is 0 Å². The molecular weight excluding hydrogens is 245 g/mol. The Bertz CT molecular complexity index is 282. The normalized spacial score (nSPS) is 13.0. The molecule has 1 aromatic heterocycles. The van der Waals surface area contributed by atoms with E-state index >= 15 is 0 Å². The number of aliphatic hydroxyl groups excluding tert-OH is 1. The molecule has 1 unspecified atom stereocenters. The minimum Gasteiger partial charge on any atom is -0.363 e. The molecule has 0 aliphatic carbocycles. The standard InChI is InChI=1S/C7H7BrClNO2/c1-12-7(11)6-5(9)2-4(8)3-10-6/h2-3,7,11H,1H3. The van der Waals surface area contributed by atoms with Crippen molar-refractivity contribution in [3.05, 3.63) is 27.5 Å². The van der Waals surface area contributed by atoms with Crippen LogP contribution in [0.5, 0.6) is 0 Å². The minimum atomic E-state index is -1.06. The molecule has 0 saturated carbocycles. The van der Waals surface area contributed by atoms with Gasteiger partial charge in [-0.2, -0.15) is 0 Å². The molecule has 0 amide bonds. The number of aromatic nitrogens is 1. The number of nitrogens with zero attached hydrogens (tertiary/aromatic N) is 1. The summed E-state index contributed by atoms with van der Waals surface area (Å²) in [4.78, 5) is 3.89. The van der Waals surface area contributed by atoms with Gasteiger partial charge < -0.3 is 9.84 Å². The SMILES string of the molecule is COC(O)c1ncc(Br)cc1Cl. The lowest BCUT2D eigenvalue weighted by Gasteiger charge is -2.08. The molecule has 1 heterocycles. The van der Waals surface area contributed by atoms with Crippen LogP contribution in [-0.2, 0) is 4.74 Å². The summed E-state index contributed by atoms with van der Waals surface area (Å²) in [6, 6.07) is 1.64. The zero-order valence-corrected chi connectivity index (χ0v) is 8.63. The second kappa shape index (κ2) is 4.18. The van der Waals surface area contributed by atoms with E-state index in [1.807, 2.05) is 0 Å². The third-order valence-corrected chi connectivity index (χ3v) is 2.03. The number of methoxy groups -OCH3 is 1. The Hall–Kier alpha value is -0.160. The maximum absolute atomic E-state index is 9.22.